The van der Waals surface area contributed by atoms with E-state index in [0.717, 1.165) is 26.1 Å². The highest BCUT2D eigenvalue weighted by atomic mass is 15.2. The summed E-state index contributed by atoms with van der Waals surface area (Å²) < 4.78 is 0. The first-order chi connectivity index (χ1) is 6.85. The maximum absolute atomic E-state index is 3.44. The van der Waals surface area contributed by atoms with Crippen LogP contribution in [0.4, 0.5) is 11.4 Å². The summed E-state index contributed by atoms with van der Waals surface area (Å²) in [4.78, 5) is 2.44. The first kappa shape index (κ1) is 9.38. The maximum atomic E-state index is 3.44. The molecule has 2 heteroatoms. The van der Waals surface area contributed by atoms with Gasteiger partial charge in [0.2, 0.25) is 0 Å². The Morgan fingerprint density at radius 2 is 2.21 bits per heavy atom. The number of hydrogen-bond donors (Lipinski definition) is 1. The van der Waals surface area contributed by atoms with Gasteiger partial charge in [-0.05, 0) is 31.0 Å². The van der Waals surface area contributed by atoms with Crippen LogP contribution in [0.5, 0.6) is 0 Å². The molecule has 2 rings (SSSR count). The Labute approximate surface area is 85.9 Å². The number of likely N-dealkylation sites (N-methyl/N-ethyl adjacent to an activating group) is 1. The van der Waals surface area contributed by atoms with E-state index in [2.05, 4.69) is 42.3 Å². The lowest BCUT2D eigenvalue weighted by Gasteiger charge is -2.31. The van der Waals surface area contributed by atoms with Crippen molar-refractivity contribution in [3.05, 3.63) is 23.8 Å². The zero-order chi connectivity index (χ0) is 9.97. The van der Waals surface area contributed by atoms with Gasteiger partial charge in [0, 0.05) is 19.6 Å². The smallest absolute Gasteiger partial charge is 0.0605 e. The van der Waals surface area contributed by atoms with E-state index in [9.17, 15) is 0 Å². The monoisotopic (exact) mass is 190 g/mol. The summed E-state index contributed by atoms with van der Waals surface area (Å²) >= 11 is 0. The molecule has 76 valence electrons. The van der Waals surface area contributed by atoms with Gasteiger partial charge in [0.05, 0.1) is 11.4 Å². The number of fused-ring (bicyclic) bond motifs is 1. The molecule has 1 aliphatic heterocycles. The molecule has 0 fully saturated rings. The van der Waals surface area contributed by atoms with E-state index < -0.39 is 0 Å². The van der Waals surface area contributed by atoms with Crippen LogP contribution in [-0.4, -0.2) is 19.6 Å². The number of rotatable bonds is 2. The Balaban J connectivity index is 2.38. The molecule has 1 aromatic rings. The fourth-order valence-electron chi connectivity index (χ4n) is 1.98. The second kappa shape index (κ2) is 3.91. The molecule has 0 bridgehead atoms. The van der Waals surface area contributed by atoms with E-state index in [0.29, 0.717) is 0 Å². The maximum Gasteiger partial charge on any atom is 0.0605 e. The van der Waals surface area contributed by atoms with Crippen molar-refractivity contribution in [2.75, 3.05) is 29.9 Å². The molecule has 0 aromatic heterocycles. The predicted molar refractivity (Wildman–Crippen MR) is 62.2 cm³/mol. The topological polar surface area (TPSA) is 15.3 Å². The molecule has 0 unspecified atom stereocenters. The van der Waals surface area contributed by atoms with Crippen LogP contribution in [0.1, 0.15) is 19.4 Å². The van der Waals surface area contributed by atoms with Gasteiger partial charge in [-0.2, -0.15) is 0 Å². The number of benzene rings is 1. The van der Waals surface area contributed by atoms with Gasteiger partial charge in [-0.1, -0.05) is 13.0 Å². The highest BCUT2D eigenvalue weighted by Crippen LogP contribution is 2.29. The lowest BCUT2D eigenvalue weighted by atomic mass is 10.1. The van der Waals surface area contributed by atoms with Crippen molar-refractivity contribution in [3.63, 3.8) is 0 Å². The molecule has 0 radical (unpaired) electrons. The van der Waals surface area contributed by atoms with Crippen molar-refractivity contribution in [1.29, 1.82) is 0 Å². The van der Waals surface area contributed by atoms with Crippen molar-refractivity contribution in [2.24, 2.45) is 0 Å². The largest absolute Gasteiger partial charge is 0.382 e. The third-order valence-corrected chi connectivity index (χ3v) is 2.89. The van der Waals surface area contributed by atoms with Crippen LogP contribution in [0.25, 0.3) is 0 Å². The molecule has 0 saturated carbocycles. The summed E-state index contributed by atoms with van der Waals surface area (Å²) in [5, 5.41) is 3.44. The summed E-state index contributed by atoms with van der Waals surface area (Å²) in [5.74, 6) is 0. The summed E-state index contributed by atoms with van der Waals surface area (Å²) in [7, 11) is 0. The molecule has 0 spiro atoms. The van der Waals surface area contributed by atoms with Crippen molar-refractivity contribution < 1.29 is 0 Å². The van der Waals surface area contributed by atoms with Gasteiger partial charge < -0.3 is 10.2 Å². The zero-order valence-corrected chi connectivity index (χ0v) is 9.01. The molecule has 0 atom stereocenters. The van der Waals surface area contributed by atoms with Gasteiger partial charge in [0.15, 0.2) is 0 Å². The summed E-state index contributed by atoms with van der Waals surface area (Å²) in [6.45, 7) is 7.70. The second-order valence-electron chi connectivity index (χ2n) is 3.71. The fraction of sp³-hybridized carbons (Fsp3) is 0.500. The zero-order valence-electron chi connectivity index (χ0n) is 9.01. The highest BCUT2D eigenvalue weighted by molar-refractivity contribution is 5.72. The lowest BCUT2D eigenvalue weighted by Crippen LogP contribution is -2.33. The number of anilines is 2. The van der Waals surface area contributed by atoms with Crippen molar-refractivity contribution in [3.8, 4) is 0 Å². The van der Waals surface area contributed by atoms with Crippen molar-refractivity contribution >= 4 is 11.4 Å². The van der Waals surface area contributed by atoms with Gasteiger partial charge in [0.25, 0.3) is 0 Å². The van der Waals surface area contributed by atoms with Crippen LogP contribution in [0.3, 0.4) is 0 Å². The minimum Gasteiger partial charge on any atom is -0.382 e. The van der Waals surface area contributed by atoms with E-state index in [1.807, 2.05) is 0 Å². The first-order valence-electron chi connectivity index (χ1n) is 5.47. The minimum atomic E-state index is 1.06. The normalized spacial score (nSPS) is 14.9. The third kappa shape index (κ3) is 1.57. The van der Waals surface area contributed by atoms with Crippen LogP contribution in [0, 0.1) is 0 Å². The van der Waals surface area contributed by atoms with Crippen molar-refractivity contribution in [2.45, 2.75) is 20.3 Å². The van der Waals surface area contributed by atoms with E-state index in [1.165, 1.54) is 16.9 Å². The second-order valence-corrected chi connectivity index (χ2v) is 3.71. The number of nitrogens with one attached hydrogen (secondary N) is 1. The average molecular weight is 190 g/mol. The number of aryl methyl sites for hydroxylation is 1. The fourth-order valence-corrected chi connectivity index (χ4v) is 1.98. The molecule has 2 nitrogen and oxygen atoms in total. The van der Waals surface area contributed by atoms with E-state index in [4.69, 9.17) is 0 Å². The molecule has 1 aliphatic rings. The van der Waals surface area contributed by atoms with Crippen LogP contribution in [-0.2, 0) is 6.42 Å². The highest BCUT2D eigenvalue weighted by Gasteiger charge is 2.14. The molecular formula is C12H18N2. The Hall–Kier alpha value is -1.18. The Morgan fingerprint density at radius 3 is 2.93 bits per heavy atom. The summed E-state index contributed by atoms with van der Waals surface area (Å²) in [5.41, 5.74) is 4.08. The van der Waals surface area contributed by atoms with Crippen LogP contribution in [0.15, 0.2) is 18.2 Å². The Bertz CT molecular complexity index is 320. The Morgan fingerprint density at radius 1 is 1.36 bits per heavy atom. The average Bonchev–Trinajstić information content (AvgIpc) is 2.27. The molecular weight excluding hydrogens is 172 g/mol. The molecule has 14 heavy (non-hydrogen) atoms. The lowest BCUT2D eigenvalue weighted by molar-refractivity contribution is 0.813. The van der Waals surface area contributed by atoms with E-state index in [1.54, 1.807) is 0 Å². The van der Waals surface area contributed by atoms with E-state index >= 15 is 0 Å². The number of hydrogen-bond acceptors (Lipinski definition) is 2. The van der Waals surface area contributed by atoms with Gasteiger partial charge in [0.1, 0.15) is 0 Å². The molecule has 0 saturated heterocycles. The van der Waals surface area contributed by atoms with Crippen LogP contribution >= 0.6 is 0 Å². The molecule has 0 aliphatic carbocycles. The standard InChI is InChI=1S/C12H18N2/c1-3-10-5-6-11-12(9-10)14(4-2)8-7-13-11/h5-6,9,13H,3-4,7-8H2,1-2H3. The molecule has 1 aromatic carbocycles. The van der Waals surface area contributed by atoms with Crippen LogP contribution in [0.2, 0.25) is 0 Å². The van der Waals surface area contributed by atoms with Crippen LogP contribution < -0.4 is 10.2 Å². The quantitative estimate of drug-likeness (QED) is 0.770. The van der Waals surface area contributed by atoms with Gasteiger partial charge >= 0.3 is 0 Å². The van der Waals surface area contributed by atoms with Gasteiger partial charge in [-0.25, -0.2) is 0 Å². The Kier molecular flexibility index (Phi) is 2.62. The van der Waals surface area contributed by atoms with Crippen molar-refractivity contribution in [1.82, 2.24) is 0 Å². The summed E-state index contributed by atoms with van der Waals surface area (Å²) in [6, 6.07) is 6.73. The minimum absolute atomic E-state index is 1.06. The molecule has 0 amide bonds. The van der Waals surface area contributed by atoms with Gasteiger partial charge in [-0.15, -0.1) is 0 Å². The first-order valence-corrected chi connectivity index (χ1v) is 5.47. The molecule has 1 N–H and O–H groups in total. The van der Waals surface area contributed by atoms with E-state index in [-0.39, 0.29) is 0 Å². The van der Waals surface area contributed by atoms with Gasteiger partial charge in [-0.3, -0.25) is 0 Å². The third-order valence-electron chi connectivity index (χ3n) is 2.89. The molecule has 1 heterocycles. The summed E-state index contributed by atoms with van der Waals surface area (Å²) in [6.07, 6.45) is 1.12. The predicted octanol–water partition coefficient (Wildman–Crippen LogP) is 2.50. The SMILES string of the molecule is CCc1ccc2c(c1)N(CC)CCN2. The number of nitrogens with zero attached hydrogens (tertiary/aromatic N) is 1.